The molecule has 105 valence electrons. The van der Waals surface area contributed by atoms with Crippen LogP contribution in [0.25, 0.3) is 0 Å². The zero-order valence-corrected chi connectivity index (χ0v) is 11.7. The summed E-state index contributed by atoms with van der Waals surface area (Å²) in [6.07, 6.45) is 3.16. The van der Waals surface area contributed by atoms with Crippen molar-refractivity contribution < 1.29 is 17.6 Å². The molecule has 0 unspecified atom stereocenters. The number of nitrogens with two attached hydrogens (primary N) is 1. The van der Waals surface area contributed by atoms with Crippen LogP contribution in [0.3, 0.4) is 0 Å². The highest BCUT2D eigenvalue weighted by Crippen LogP contribution is 2.27. The predicted octanol–water partition coefficient (Wildman–Crippen LogP) is 1.65. The number of anilines is 1. The quantitative estimate of drug-likeness (QED) is 0.873. The van der Waals surface area contributed by atoms with Gasteiger partial charge in [0.25, 0.3) is 0 Å². The first-order chi connectivity index (χ1) is 9.41. The van der Waals surface area contributed by atoms with Gasteiger partial charge in [-0.1, -0.05) is 11.6 Å². The minimum Gasteiger partial charge on any atom is -0.467 e. The molecule has 0 bridgehead atoms. The third kappa shape index (κ3) is 3.19. The van der Waals surface area contributed by atoms with Gasteiger partial charge in [-0.25, -0.2) is 13.6 Å². The standard InChI is InChI=1S/C12H10ClN2O4S/c13-10-5-11(15-6-9-2-1-3-19-9)8(7-16)4-12(10)20(14,17)18/h1-5,15H,6H2,(H2,14,17,18). The first kappa shape index (κ1) is 14.6. The second-order valence-electron chi connectivity index (χ2n) is 3.91. The van der Waals surface area contributed by atoms with Crippen LogP contribution in [0.1, 0.15) is 11.3 Å². The lowest BCUT2D eigenvalue weighted by molar-refractivity contribution is 0.518. The number of hydrogen-bond acceptors (Lipinski definition) is 5. The molecule has 20 heavy (non-hydrogen) atoms. The number of benzene rings is 1. The monoisotopic (exact) mass is 313 g/mol. The second-order valence-corrected chi connectivity index (χ2v) is 5.85. The number of rotatable bonds is 5. The van der Waals surface area contributed by atoms with Crippen LogP contribution in [-0.2, 0) is 21.4 Å². The average molecular weight is 314 g/mol. The Kier molecular flexibility index (Phi) is 4.12. The molecule has 0 atom stereocenters. The summed E-state index contributed by atoms with van der Waals surface area (Å²) in [6, 6.07) is 5.86. The van der Waals surface area contributed by atoms with Gasteiger partial charge >= 0.3 is 0 Å². The number of hydrogen-bond donors (Lipinski definition) is 2. The molecular formula is C12H10ClN2O4S. The number of furan rings is 1. The zero-order chi connectivity index (χ0) is 14.8. The zero-order valence-electron chi connectivity index (χ0n) is 10.1. The van der Waals surface area contributed by atoms with Crippen LogP contribution in [0.2, 0.25) is 5.02 Å². The van der Waals surface area contributed by atoms with E-state index in [1.165, 1.54) is 12.3 Å². The molecule has 3 N–H and O–H groups in total. The van der Waals surface area contributed by atoms with Crippen LogP contribution in [0, 0.1) is 0 Å². The summed E-state index contributed by atoms with van der Waals surface area (Å²) in [7, 11) is -4.00. The van der Waals surface area contributed by atoms with Gasteiger partial charge in [0.05, 0.1) is 23.4 Å². The molecule has 0 spiro atoms. The number of carbonyl (C=O) groups excluding carboxylic acids is 1. The van der Waals surface area contributed by atoms with Crippen molar-refractivity contribution in [3.8, 4) is 0 Å². The average Bonchev–Trinajstić information content (AvgIpc) is 2.88. The molecule has 1 aromatic carbocycles. The Labute approximate surface area is 120 Å². The van der Waals surface area contributed by atoms with Crippen molar-refractivity contribution in [2.75, 3.05) is 5.32 Å². The maximum absolute atomic E-state index is 11.3. The topological polar surface area (TPSA) is 102 Å². The van der Waals surface area contributed by atoms with Gasteiger partial charge in [0.1, 0.15) is 10.7 Å². The molecule has 0 aliphatic heterocycles. The second kappa shape index (κ2) is 5.66. The summed E-state index contributed by atoms with van der Waals surface area (Å²) in [6.45, 7) is 0.312. The molecular weight excluding hydrogens is 304 g/mol. The Morgan fingerprint density at radius 1 is 1.40 bits per heavy atom. The van der Waals surface area contributed by atoms with E-state index in [1.807, 2.05) is 0 Å². The maximum atomic E-state index is 11.3. The van der Waals surface area contributed by atoms with E-state index >= 15 is 0 Å². The first-order valence-corrected chi connectivity index (χ1v) is 7.35. The minimum atomic E-state index is -4.00. The summed E-state index contributed by atoms with van der Waals surface area (Å²) in [4.78, 5) is 10.6. The molecule has 0 saturated carbocycles. The van der Waals surface area contributed by atoms with E-state index in [4.69, 9.17) is 21.2 Å². The third-order valence-electron chi connectivity index (χ3n) is 2.52. The normalized spacial score (nSPS) is 11.3. The van der Waals surface area contributed by atoms with E-state index in [9.17, 15) is 13.2 Å². The molecule has 1 radical (unpaired) electrons. The van der Waals surface area contributed by atoms with Crippen molar-refractivity contribution >= 4 is 33.6 Å². The molecule has 0 aliphatic rings. The minimum absolute atomic E-state index is 0.0185. The summed E-state index contributed by atoms with van der Waals surface area (Å²) in [5, 5.41) is 7.84. The van der Waals surface area contributed by atoms with E-state index in [0.29, 0.717) is 18.0 Å². The van der Waals surface area contributed by atoms with E-state index in [2.05, 4.69) is 5.32 Å². The molecule has 0 fully saturated rings. The molecule has 2 rings (SSSR count). The summed E-state index contributed by atoms with van der Waals surface area (Å²) in [5.74, 6) is 0.647. The van der Waals surface area contributed by atoms with Crippen LogP contribution in [0.5, 0.6) is 0 Å². The van der Waals surface area contributed by atoms with Crippen molar-refractivity contribution in [3.05, 3.63) is 46.9 Å². The highest BCUT2D eigenvalue weighted by atomic mass is 35.5. The first-order valence-electron chi connectivity index (χ1n) is 5.42. The van der Waals surface area contributed by atoms with Gasteiger partial charge in [-0.15, -0.1) is 0 Å². The Morgan fingerprint density at radius 3 is 2.70 bits per heavy atom. The highest BCUT2D eigenvalue weighted by Gasteiger charge is 2.17. The predicted molar refractivity (Wildman–Crippen MR) is 73.7 cm³/mol. The summed E-state index contributed by atoms with van der Waals surface area (Å²) in [5.41, 5.74) is 0.360. The number of primary sulfonamides is 1. The van der Waals surface area contributed by atoms with Crippen molar-refractivity contribution in [2.45, 2.75) is 11.4 Å². The fraction of sp³-hybridized carbons (Fsp3) is 0.0833. The lowest BCUT2D eigenvalue weighted by atomic mass is 10.2. The Hall–Kier alpha value is -1.83. The van der Waals surface area contributed by atoms with Crippen LogP contribution in [-0.4, -0.2) is 14.7 Å². The third-order valence-corrected chi connectivity index (χ3v) is 3.90. The van der Waals surface area contributed by atoms with Crippen molar-refractivity contribution in [3.63, 3.8) is 0 Å². The SMILES string of the molecule is NS(=O)(=O)c1cc([C]=O)c(NCc2ccco2)cc1Cl. The van der Waals surface area contributed by atoms with Gasteiger partial charge < -0.3 is 9.73 Å². The molecule has 0 saturated heterocycles. The van der Waals surface area contributed by atoms with Gasteiger partial charge in [0.2, 0.25) is 16.3 Å². The molecule has 8 heteroatoms. The Bertz CT molecular complexity index is 726. The van der Waals surface area contributed by atoms with Crippen LogP contribution >= 0.6 is 11.6 Å². The molecule has 2 aromatic rings. The maximum Gasteiger partial charge on any atom is 0.239 e. The largest absolute Gasteiger partial charge is 0.467 e. The molecule has 6 nitrogen and oxygen atoms in total. The van der Waals surface area contributed by atoms with Gasteiger partial charge in [-0.2, -0.15) is 0 Å². The van der Waals surface area contributed by atoms with Gasteiger partial charge in [-0.05, 0) is 24.3 Å². The smallest absolute Gasteiger partial charge is 0.239 e. The Balaban J connectivity index is 2.34. The van der Waals surface area contributed by atoms with Crippen LogP contribution < -0.4 is 10.5 Å². The number of nitrogens with one attached hydrogen (secondary N) is 1. The van der Waals surface area contributed by atoms with Gasteiger partial charge in [-0.3, -0.25) is 4.79 Å². The van der Waals surface area contributed by atoms with Crippen molar-refractivity contribution in [1.82, 2.24) is 0 Å². The highest BCUT2D eigenvalue weighted by molar-refractivity contribution is 7.89. The van der Waals surface area contributed by atoms with Crippen molar-refractivity contribution in [1.29, 1.82) is 0 Å². The summed E-state index contributed by atoms with van der Waals surface area (Å²) >= 11 is 5.85. The van der Waals surface area contributed by atoms with E-state index in [0.717, 1.165) is 6.07 Å². The summed E-state index contributed by atoms with van der Waals surface area (Å²) < 4.78 is 27.7. The van der Waals surface area contributed by atoms with E-state index in [-0.39, 0.29) is 15.5 Å². The fourth-order valence-electron chi connectivity index (χ4n) is 1.60. The fourth-order valence-corrected chi connectivity index (χ4v) is 2.70. The number of halogens is 1. The lowest BCUT2D eigenvalue weighted by Gasteiger charge is -2.10. The Morgan fingerprint density at radius 2 is 2.15 bits per heavy atom. The van der Waals surface area contributed by atoms with Gasteiger partial charge in [0.15, 0.2) is 0 Å². The molecule has 0 amide bonds. The van der Waals surface area contributed by atoms with E-state index in [1.54, 1.807) is 18.4 Å². The van der Waals surface area contributed by atoms with E-state index < -0.39 is 10.0 Å². The molecule has 1 heterocycles. The van der Waals surface area contributed by atoms with Crippen LogP contribution in [0.15, 0.2) is 39.8 Å². The molecule has 1 aromatic heterocycles. The lowest BCUT2D eigenvalue weighted by Crippen LogP contribution is -2.14. The number of sulfonamides is 1. The molecule has 0 aliphatic carbocycles. The van der Waals surface area contributed by atoms with Crippen LogP contribution in [0.4, 0.5) is 5.69 Å². The van der Waals surface area contributed by atoms with Gasteiger partial charge in [0, 0.05) is 5.69 Å². The van der Waals surface area contributed by atoms with Crippen molar-refractivity contribution in [2.24, 2.45) is 5.14 Å².